The normalized spacial score (nSPS) is 18.9. The number of ether oxygens (including phenoxy) is 1. The minimum atomic E-state index is -1.95. The summed E-state index contributed by atoms with van der Waals surface area (Å²) in [5, 5.41) is 0. The van der Waals surface area contributed by atoms with Crippen LogP contribution in [0.1, 0.15) is 19.8 Å². The average Bonchev–Trinajstić information content (AvgIpc) is 2.10. The van der Waals surface area contributed by atoms with Crippen LogP contribution in [0.15, 0.2) is 0 Å². The van der Waals surface area contributed by atoms with Crippen molar-refractivity contribution in [2.24, 2.45) is 11.7 Å². The molecule has 0 rings (SSSR count). The van der Waals surface area contributed by atoms with Crippen LogP contribution in [0, 0.1) is 5.92 Å². The summed E-state index contributed by atoms with van der Waals surface area (Å²) >= 11 is 0. The lowest BCUT2D eigenvalue weighted by Crippen LogP contribution is -2.25. The summed E-state index contributed by atoms with van der Waals surface area (Å²) in [6.07, 6.45) is 5.97. The molecular formula is C10H22NO3P. The van der Waals surface area contributed by atoms with Crippen LogP contribution in [0.4, 0.5) is 0 Å². The summed E-state index contributed by atoms with van der Waals surface area (Å²) in [6, 6.07) is 0.0449. The van der Waals surface area contributed by atoms with Crippen molar-refractivity contribution < 1.29 is 14.4 Å². The molecule has 0 aromatic heterocycles. The zero-order valence-electron chi connectivity index (χ0n) is 9.56. The Morgan fingerprint density at radius 3 is 2.73 bits per heavy atom. The molecule has 0 aliphatic rings. The van der Waals surface area contributed by atoms with Gasteiger partial charge in [0.25, 0.3) is 6.47 Å². The van der Waals surface area contributed by atoms with E-state index in [2.05, 4.69) is 11.0 Å². The summed E-state index contributed by atoms with van der Waals surface area (Å²) in [5.74, 6) is 0.262. The van der Waals surface area contributed by atoms with Crippen LogP contribution >= 0.6 is 7.11 Å². The third kappa shape index (κ3) is 9.98. The van der Waals surface area contributed by atoms with Crippen molar-refractivity contribution in [2.75, 3.05) is 19.4 Å². The molecule has 0 radical (unpaired) electrons. The molecule has 3 unspecified atom stereocenters. The predicted molar refractivity (Wildman–Crippen MR) is 65.4 cm³/mol. The van der Waals surface area contributed by atoms with Gasteiger partial charge in [0, 0.05) is 6.04 Å². The van der Waals surface area contributed by atoms with E-state index in [4.69, 9.17) is 5.73 Å². The second-order valence-corrected chi connectivity index (χ2v) is 7.51. The Morgan fingerprint density at radius 1 is 1.67 bits per heavy atom. The summed E-state index contributed by atoms with van der Waals surface area (Å²) in [6.45, 7) is 4.63. The van der Waals surface area contributed by atoms with Gasteiger partial charge in [-0.2, -0.15) is 0 Å². The van der Waals surface area contributed by atoms with Gasteiger partial charge < -0.3 is 15.4 Å². The van der Waals surface area contributed by atoms with Crippen LogP contribution in [-0.4, -0.2) is 43.1 Å². The third-order valence-corrected chi connectivity index (χ3v) is 3.36. The molecule has 0 heterocycles. The van der Waals surface area contributed by atoms with Crippen LogP contribution in [0.25, 0.3) is 0 Å². The molecule has 5 heteroatoms. The van der Waals surface area contributed by atoms with Gasteiger partial charge in [-0.25, -0.2) is 0 Å². The summed E-state index contributed by atoms with van der Waals surface area (Å²) in [7, 11) is -1.95. The van der Waals surface area contributed by atoms with Gasteiger partial charge >= 0.3 is 0 Å². The van der Waals surface area contributed by atoms with E-state index in [0.717, 1.165) is 12.8 Å². The molecule has 0 aliphatic heterocycles. The SMILES string of the molecule is C=P(C)(O)CCC(N)CC(C)COC=O. The van der Waals surface area contributed by atoms with E-state index in [1.165, 1.54) is 0 Å². The zero-order valence-corrected chi connectivity index (χ0v) is 10.5. The van der Waals surface area contributed by atoms with Crippen molar-refractivity contribution in [1.29, 1.82) is 0 Å². The lowest BCUT2D eigenvalue weighted by Gasteiger charge is -2.18. The zero-order chi connectivity index (χ0) is 11.9. The fourth-order valence-corrected chi connectivity index (χ4v) is 2.24. The number of rotatable bonds is 8. The quantitative estimate of drug-likeness (QED) is 0.484. The van der Waals surface area contributed by atoms with Crippen molar-refractivity contribution in [3.8, 4) is 0 Å². The lowest BCUT2D eigenvalue weighted by atomic mass is 10.0. The standard InChI is InChI=1S/C10H22NO3P/c1-9(7-14-8-12)6-10(11)4-5-15(2,3)13/h8-10,13H,2,4-7,11H2,1,3H3. The number of carbonyl (C=O) groups is 1. The van der Waals surface area contributed by atoms with Gasteiger partial charge in [0.1, 0.15) is 0 Å². The van der Waals surface area contributed by atoms with Gasteiger partial charge in [-0.1, -0.05) is 13.2 Å². The predicted octanol–water partition coefficient (Wildman–Crippen LogP) is 0.890. The maximum Gasteiger partial charge on any atom is 0.293 e. The first-order chi connectivity index (χ1) is 6.85. The van der Waals surface area contributed by atoms with Crippen molar-refractivity contribution in [1.82, 2.24) is 0 Å². The number of carbonyl (C=O) groups excluding carboxylic acids is 1. The summed E-state index contributed by atoms with van der Waals surface area (Å²) in [5.41, 5.74) is 5.89. The van der Waals surface area contributed by atoms with E-state index < -0.39 is 7.11 Å². The molecule has 0 spiro atoms. The highest BCUT2D eigenvalue weighted by molar-refractivity contribution is 7.67. The first-order valence-electron chi connectivity index (χ1n) is 5.08. The third-order valence-electron chi connectivity index (χ3n) is 2.14. The van der Waals surface area contributed by atoms with Gasteiger partial charge in [0.05, 0.1) is 6.61 Å². The van der Waals surface area contributed by atoms with Crippen molar-refractivity contribution >= 4 is 19.9 Å². The molecule has 0 aliphatic carbocycles. The minimum Gasteiger partial charge on any atom is -0.468 e. The molecule has 0 saturated heterocycles. The topological polar surface area (TPSA) is 72.6 Å². The van der Waals surface area contributed by atoms with Crippen LogP contribution in [0.3, 0.4) is 0 Å². The smallest absolute Gasteiger partial charge is 0.293 e. The Hall–Kier alpha value is -0.310. The van der Waals surface area contributed by atoms with E-state index >= 15 is 0 Å². The Balaban J connectivity index is 3.68. The van der Waals surface area contributed by atoms with Crippen LogP contribution in [-0.2, 0) is 9.53 Å². The van der Waals surface area contributed by atoms with E-state index in [1.807, 2.05) is 6.92 Å². The second kappa shape index (κ2) is 7.04. The molecule has 3 N–H and O–H groups in total. The van der Waals surface area contributed by atoms with Crippen LogP contribution in [0.5, 0.6) is 0 Å². The molecule has 0 saturated carbocycles. The maximum absolute atomic E-state index is 9.96. The molecule has 0 aromatic carbocycles. The van der Waals surface area contributed by atoms with Gasteiger partial charge in [0.2, 0.25) is 0 Å². The fraction of sp³-hybridized carbons (Fsp3) is 0.800. The Morgan fingerprint density at radius 2 is 2.27 bits per heavy atom. The molecule has 90 valence electrons. The molecule has 0 amide bonds. The highest BCUT2D eigenvalue weighted by atomic mass is 31.2. The van der Waals surface area contributed by atoms with E-state index in [0.29, 0.717) is 19.2 Å². The molecule has 4 nitrogen and oxygen atoms in total. The summed E-state index contributed by atoms with van der Waals surface area (Å²) < 4.78 is 4.65. The molecule has 0 bridgehead atoms. The van der Waals surface area contributed by atoms with E-state index in [1.54, 1.807) is 6.66 Å². The molecule has 15 heavy (non-hydrogen) atoms. The number of hydrogen-bond acceptors (Lipinski definition) is 4. The molecule has 3 atom stereocenters. The largest absolute Gasteiger partial charge is 0.468 e. The fourth-order valence-electron chi connectivity index (χ4n) is 1.35. The number of nitrogens with two attached hydrogens (primary N) is 1. The van der Waals surface area contributed by atoms with Gasteiger partial charge in [-0.15, -0.1) is 0 Å². The molecule has 0 fully saturated rings. The monoisotopic (exact) mass is 235 g/mol. The van der Waals surface area contributed by atoms with Gasteiger partial charge in [-0.05, 0) is 38.7 Å². The minimum absolute atomic E-state index is 0.0449. The van der Waals surface area contributed by atoms with E-state index in [9.17, 15) is 9.69 Å². The highest BCUT2D eigenvalue weighted by Crippen LogP contribution is 2.35. The van der Waals surface area contributed by atoms with Gasteiger partial charge in [-0.3, -0.25) is 4.79 Å². The second-order valence-electron chi connectivity index (χ2n) is 4.38. The highest BCUT2D eigenvalue weighted by Gasteiger charge is 2.11. The van der Waals surface area contributed by atoms with Crippen molar-refractivity contribution in [2.45, 2.75) is 25.8 Å². The van der Waals surface area contributed by atoms with Crippen molar-refractivity contribution in [3.05, 3.63) is 0 Å². The van der Waals surface area contributed by atoms with Gasteiger partial charge in [0.15, 0.2) is 0 Å². The number of hydrogen-bond donors (Lipinski definition) is 2. The first-order valence-corrected chi connectivity index (χ1v) is 7.64. The Bertz CT molecular complexity index is 227. The average molecular weight is 235 g/mol. The van der Waals surface area contributed by atoms with Crippen LogP contribution in [0.2, 0.25) is 0 Å². The molecule has 0 aromatic rings. The maximum atomic E-state index is 9.96. The first kappa shape index (κ1) is 14.7. The molecular weight excluding hydrogens is 213 g/mol. The van der Waals surface area contributed by atoms with Crippen molar-refractivity contribution in [3.63, 3.8) is 0 Å². The summed E-state index contributed by atoms with van der Waals surface area (Å²) in [4.78, 5) is 19.5. The van der Waals surface area contributed by atoms with Crippen LogP contribution < -0.4 is 5.73 Å². The Labute approximate surface area is 91.9 Å². The lowest BCUT2D eigenvalue weighted by molar-refractivity contribution is -0.129. The van der Waals surface area contributed by atoms with E-state index in [-0.39, 0.29) is 12.0 Å². The Kier molecular flexibility index (Phi) is 6.90.